The summed E-state index contributed by atoms with van der Waals surface area (Å²) >= 11 is 0. The standard InChI is InChI=1S/C12H15N5.H2/c1-3-13-4-2-12(1)17-8-11(7-16-17)10-5-14-9-15-6-10;/h5-9,12-13H,1-4H2;1H. The molecule has 0 amide bonds. The fraction of sp³-hybridized carbons (Fsp3) is 0.417. The summed E-state index contributed by atoms with van der Waals surface area (Å²) in [7, 11) is 0. The van der Waals surface area contributed by atoms with Crippen molar-refractivity contribution in [2.24, 2.45) is 0 Å². The predicted octanol–water partition coefficient (Wildman–Crippen LogP) is 1.51. The van der Waals surface area contributed by atoms with Crippen molar-refractivity contribution < 1.29 is 1.43 Å². The van der Waals surface area contributed by atoms with Crippen LogP contribution in [0.1, 0.15) is 20.3 Å². The SMILES string of the molecule is [HH].c1ncc(-c2cnn(C3CCNCC3)c2)cn1. The minimum absolute atomic E-state index is 0. The molecular formula is C12H17N5. The number of nitrogens with one attached hydrogen (secondary N) is 1. The monoisotopic (exact) mass is 231 g/mol. The quantitative estimate of drug-likeness (QED) is 0.851. The van der Waals surface area contributed by atoms with E-state index < -0.39 is 0 Å². The third-order valence-electron chi connectivity index (χ3n) is 3.18. The van der Waals surface area contributed by atoms with Gasteiger partial charge in [-0.3, -0.25) is 4.68 Å². The highest BCUT2D eigenvalue weighted by Crippen LogP contribution is 2.22. The number of piperidine rings is 1. The van der Waals surface area contributed by atoms with Gasteiger partial charge in [-0.05, 0) is 25.9 Å². The summed E-state index contributed by atoms with van der Waals surface area (Å²) in [5.74, 6) is 0. The van der Waals surface area contributed by atoms with Gasteiger partial charge in [0.1, 0.15) is 6.33 Å². The van der Waals surface area contributed by atoms with Gasteiger partial charge in [-0.1, -0.05) is 0 Å². The average Bonchev–Trinajstić information content (AvgIpc) is 2.90. The lowest BCUT2D eigenvalue weighted by Crippen LogP contribution is -2.29. The molecule has 0 spiro atoms. The highest BCUT2D eigenvalue weighted by atomic mass is 15.3. The highest BCUT2D eigenvalue weighted by Gasteiger charge is 2.15. The fourth-order valence-corrected chi connectivity index (χ4v) is 2.21. The number of nitrogens with zero attached hydrogens (tertiary/aromatic N) is 4. The molecule has 0 unspecified atom stereocenters. The van der Waals surface area contributed by atoms with Crippen molar-refractivity contribution >= 4 is 0 Å². The Morgan fingerprint density at radius 1 is 1.12 bits per heavy atom. The van der Waals surface area contributed by atoms with E-state index in [2.05, 4.69) is 31.3 Å². The molecule has 0 aromatic carbocycles. The number of hydrogen-bond acceptors (Lipinski definition) is 4. The molecule has 0 bridgehead atoms. The first kappa shape index (κ1) is 10.4. The summed E-state index contributed by atoms with van der Waals surface area (Å²) in [5, 5.41) is 7.81. The minimum Gasteiger partial charge on any atom is -0.317 e. The van der Waals surface area contributed by atoms with Crippen LogP contribution in [-0.4, -0.2) is 32.8 Å². The lowest BCUT2D eigenvalue weighted by Gasteiger charge is -2.22. The molecule has 90 valence electrons. The normalized spacial score (nSPS) is 17.2. The summed E-state index contributed by atoms with van der Waals surface area (Å²) in [6.07, 6.45) is 11.4. The van der Waals surface area contributed by atoms with Crippen molar-refractivity contribution in [3.05, 3.63) is 31.1 Å². The van der Waals surface area contributed by atoms with E-state index in [1.165, 1.54) is 0 Å². The van der Waals surface area contributed by atoms with E-state index in [0.717, 1.165) is 37.1 Å². The molecule has 1 aliphatic heterocycles. The molecule has 0 aliphatic carbocycles. The van der Waals surface area contributed by atoms with Crippen molar-refractivity contribution in [3.63, 3.8) is 0 Å². The van der Waals surface area contributed by atoms with Crippen molar-refractivity contribution in [2.75, 3.05) is 13.1 Å². The average molecular weight is 231 g/mol. The van der Waals surface area contributed by atoms with Gasteiger partial charge in [0.15, 0.2) is 0 Å². The van der Waals surface area contributed by atoms with Gasteiger partial charge < -0.3 is 5.32 Å². The molecule has 5 heteroatoms. The molecule has 3 heterocycles. The lowest BCUT2D eigenvalue weighted by atomic mass is 10.1. The molecule has 0 saturated carbocycles. The van der Waals surface area contributed by atoms with Gasteiger partial charge in [-0.2, -0.15) is 5.10 Å². The molecule has 3 rings (SSSR count). The lowest BCUT2D eigenvalue weighted by molar-refractivity contribution is 0.343. The first-order valence-corrected chi connectivity index (χ1v) is 5.94. The van der Waals surface area contributed by atoms with Crippen molar-refractivity contribution in [2.45, 2.75) is 18.9 Å². The molecule has 0 atom stereocenters. The first-order chi connectivity index (χ1) is 8.43. The van der Waals surface area contributed by atoms with Gasteiger partial charge in [-0.25, -0.2) is 9.97 Å². The van der Waals surface area contributed by atoms with E-state index in [0.29, 0.717) is 6.04 Å². The molecule has 2 aromatic rings. The molecule has 2 aromatic heterocycles. The highest BCUT2D eigenvalue weighted by molar-refractivity contribution is 5.59. The maximum atomic E-state index is 4.45. The second-order valence-electron chi connectivity index (χ2n) is 4.32. The van der Waals surface area contributed by atoms with E-state index in [9.17, 15) is 0 Å². The Morgan fingerprint density at radius 3 is 2.65 bits per heavy atom. The third kappa shape index (κ3) is 2.19. The Labute approximate surface area is 101 Å². The first-order valence-electron chi connectivity index (χ1n) is 5.94. The largest absolute Gasteiger partial charge is 0.317 e. The fourth-order valence-electron chi connectivity index (χ4n) is 2.21. The van der Waals surface area contributed by atoms with Gasteiger partial charge in [0.25, 0.3) is 0 Å². The Balaban J connectivity index is 0.00000120. The molecule has 1 saturated heterocycles. The molecule has 1 fully saturated rings. The smallest absolute Gasteiger partial charge is 0.115 e. The van der Waals surface area contributed by atoms with Crippen LogP contribution in [0.15, 0.2) is 31.1 Å². The Hall–Kier alpha value is -1.75. The van der Waals surface area contributed by atoms with Gasteiger partial charge >= 0.3 is 0 Å². The summed E-state index contributed by atoms with van der Waals surface area (Å²) in [5.41, 5.74) is 2.11. The van der Waals surface area contributed by atoms with Crippen molar-refractivity contribution in [1.29, 1.82) is 0 Å². The van der Waals surface area contributed by atoms with Crippen molar-refractivity contribution in [3.8, 4) is 11.1 Å². The zero-order valence-electron chi connectivity index (χ0n) is 9.58. The van der Waals surface area contributed by atoms with E-state index in [1.54, 1.807) is 6.33 Å². The second-order valence-corrected chi connectivity index (χ2v) is 4.32. The van der Waals surface area contributed by atoms with Gasteiger partial charge in [0.2, 0.25) is 0 Å². The Bertz CT molecular complexity index is 478. The van der Waals surface area contributed by atoms with Crippen LogP contribution in [0, 0.1) is 0 Å². The van der Waals surface area contributed by atoms with Crippen LogP contribution in [-0.2, 0) is 0 Å². The van der Waals surface area contributed by atoms with Crippen LogP contribution in [0.25, 0.3) is 11.1 Å². The van der Waals surface area contributed by atoms with Crippen molar-refractivity contribution in [1.82, 2.24) is 25.1 Å². The van der Waals surface area contributed by atoms with Crippen LogP contribution in [0.5, 0.6) is 0 Å². The number of hydrogen-bond donors (Lipinski definition) is 1. The zero-order valence-corrected chi connectivity index (χ0v) is 9.58. The van der Waals surface area contributed by atoms with E-state index >= 15 is 0 Å². The maximum absolute atomic E-state index is 4.45. The zero-order chi connectivity index (χ0) is 11.5. The van der Waals surface area contributed by atoms with Crippen LogP contribution < -0.4 is 5.32 Å². The Morgan fingerprint density at radius 2 is 1.88 bits per heavy atom. The number of rotatable bonds is 2. The van der Waals surface area contributed by atoms with E-state index in [4.69, 9.17) is 0 Å². The van der Waals surface area contributed by atoms with Crippen LogP contribution in [0.2, 0.25) is 0 Å². The topological polar surface area (TPSA) is 55.6 Å². The summed E-state index contributed by atoms with van der Waals surface area (Å²) < 4.78 is 2.07. The molecule has 5 nitrogen and oxygen atoms in total. The maximum Gasteiger partial charge on any atom is 0.115 e. The number of aromatic nitrogens is 4. The molecule has 17 heavy (non-hydrogen) atoms. The van der Waals surface area contributed by atoms with Crippen LogP contribution >= 0.6 is 0 Å². The Kier molecular flexibility index (Phi) is 2.83. The minimum atomic E-state index is 0. The molecule has 0 radical (unpaired) electrons. The third-order valence-corrected chi connectivity index (χ3v) is 3.18. The van der Waals surface area contributed by atoms with Gasteiger partial charge in [0, 0.05) is 31.1 Å². The van der Waals surface area contributed by atoms with Gasteiger partial charge in [-0.15, -0.1) is 0 Å². The van der Waals surface area contributed by atoms with E-state index in [1.807, 2.05) is 18.6 Å². The molecular weight excluding hydrogens is 214 g/mol. The van der Waals surface area contributed by atoms with E-state index in [-0.39, 0.29) is 1.43 Å². The molecule has 1 aliphatic rings. The van der Waals surface area contributed by atoms with Crippen LogP contribution in [0.4, 0.5) is 0 Å². The van der Waals surface area contributed by atoms with Crippen LogP contribution in [0.3, 0.4) is 0 Å². The molecule has 1 N–H and O–H groups in total. The predicted molar refractivity (Wildman–Crippen MR) is 66.5 cm³/mol. The second kappa shape index (κ2) is 4.63. The summed E-state index contributed by atoms with van der Waals surface area (Å²) in [6.45, 7) is 2.16. The van der Waals surface area contributed by atoms with Gasteiger partial charge in [0.05, 0.1) is 12.2 Å². The summed E-state index contributed by atoms with van der Waals surface area (Å²) in [4.78, 5) is 8.05. The summed E-state index contributed by atoms with van der Waals surface area (Å²) in [6, 6.07) is 0.523.